The van der Waals surface area contributed by atoms with Crippen LogP contribution in [0.5, 0.6) is 0 Å². The number of carbonyl (C=O) groups is 1. The Bertz CT molecular complexity index is 398. The molecule has 1 rings (SSSR count). The van der Waals surface area contributed by atoms with Crippen molar-refractivity contribution in [3.8, 4) is 6.07 Å². The van der Waals surface area contributed by atoms with Gasteiger partial charge in [-0.15, -0.1) is 0 Å². The number of esters is 1. The lowest BCUT2D eigenvalue weighted by Gasteiger charge is -2.02. The van der Waals surface area contributed by atoms with Crippen molar-refractivity contribution in [1.29, 1.82) is 5.26 Å². The zero-order valence-corrected chi connectivity index (χ0v) is 7.45. The first-order valence-corrected chi connectivity index (χ1v) is 3.92. The highest BCUT2D eigenvalue weighted by Crippen LogP contribution is 2.07. The smallest absolute Gasteiger partial charge is 0.341 e. The van der Waals surface area contributed by atoms with Crippen LogP contribution >= 0.6 is 0 Å². The van der Waals surface area contributed by atoms with Gasteiger partial charge in [0.05, 0.1) is 12.2 Å². The van der Waals surface area contributed by atoms with E-state index in [1.807, 2.05) is 0 Å². The Morgan fingerprint density at radius 3 is 3.00 bits per heavy atom. The van der Waals surface area contributed by atoms with Crippen molar-refractivity contribution in [2.24, 2.45) is 0 Å². The van der Waals surface area contributed by atoms with Crippen LogP contribution in [0.3, 0.4) is 0 Å². The van der Waals surface area contributed by atoms with Crippen LogP contribution in [-0.2, 0) is 4.74 Å². The SMILES string of the molecule is CCOC(=O)c1ccc(F)nc1C#N. The number of ether oxygens (including phenoxy) is 1. The lowest BCUT2D eigenvalue weighted by Crippen LogP contribution is -2.08. The van der Waals surface area contributed by atoms with Gasteiger partial charge in [0.1, 0.15) is 6.07 Å². The Labute approximate surface area is 79.9 Å². The largest absolute Gasteiger partial charge is 0.462 e. The van der Waals surface area contributed by atoms with Crippen molar-refractivity contribution >= 4 is 5.97 Å². The summed E-state index contributed by atoms with van der Waals surface area (Å²) in [4.78, 5) is 14.5. The molecular weight excluding hydrogens is 187 g/mol. The molecule has 0 unspecified atom stereocenters. The topological polar surface area (TPSA) is 63.0 Å². The molecule has 0 atom stereocenters. The molecule has 72 valence electrons. The average Bonchev–Trinajstić information content (AvgIpc) is 2.17. The molecule has 0 aromatic carbocycles. The van der Waals surface area contributed by atoms with E-state index < -0.39 is 11.9 Å². The third-order valence-corrected chi connectivity index (χ3v) is 1.46. The summed E-state index contributed by atoms with van der Waals surface area (Å²) in [7, 11) is 0. The highest BCUT2D eigenvalue weighted by Gasteiger charge is 2.13. The van der Waals surface area contributed by atoms with E-state index >= 15 is 0 Å². The Balaban J connectivity index is 3.09. The van der Waals surface area contributed by atoms with Gasteiger partial charge in [0.2, 0.25) is 5.95 Å². The van der Waals surface area contributed by atoms with Crippen molar-refractivity contribution in [3.05, 3.63) is 29.3 Å². The summed E-state index contributed by atoms with van der Waals surface area (Å²) < 4.78 is 17.2. The van der Waals surface area contributed by atoms with Gasteiger partial charge in [-0.25, -0.2) is 9.78 Å². The molecule has 14 heavy (non-hydrogen) atoms. The van der Waals surface area contributed by atoms with Gasteiger partial charge < -0.3 is 4.74 Å². The average molecular weight is 194 g/mol. The number of carbonyl (C=O) groups excluding carboxylic acids is 1. The first kappa shape index (κ1) is 10.1. The molecule has 4 nitrogen and oxygen atoms in total. The number of nitriles is 1. The number of aromatic nitrogens is 1. The third-order valence-electron chi connectivity index (χ3n) is 1.46. The molecule has 0 bridgehead atoms. The van der Waals surface area contributed by atoms with E-state index in [2.05, 4.69) is 9.72 Å². The third kappa shape index (κ3) is 2.04. The number of pyridine rings is 1. The van der Waals surface area contributed by atoms with Crippen LogP contribution in [-0.4, -0.2) is 17.6 Å². The van der Waals surface area contributed by atoms with Gasteiger partial charge in [-0.3, -0.25) is 0 Å². The maximum atomic E-state index is 12.6. The molecule has 0 amide bonds. The first-order valence-electron chi connectivity index (χ1n) is 3.92. The molecule has 0 aliphatic heterocycles. The standard InChI is InChI=1S/C9H7FN2O2/c1-2-14-9(13)6-3-4-8(10)12-7(6)5-11/h3-4H,2H2,1H3. The van der Waals surface area contributed by atoms with Crippen LogP contribution in [0, 0.1) is 17.3 Å². The van der Waals surface area contributed by atoms with Crippen molar-refractivity contribution in [1.82, 2.24) is 4.98 Å². The molecule has 0 N–H and O–H groups in total. The van der Waals surface area contributed by atoms with E-state index in [9.17, 15) is 9.18 Å². The minimum atomic E-state index is -0.797. The van der Waals surface area contributed by atoms with Crippen molar-refractivity contribution < 1.29 is 13.9 Å². The van der Waals surface area contributed by atoms with E-state index in [1.165, 1.54) is 6.07 Å². The van der Waals surface area contributed by atoms with Gasteiger partial charge >= 0.3 is 5.97 Å². The van der Waals surface area contributed by atoms with E-state index in [4.69, 9.17) is 5.26 Å². The van der Waals surface area contributed by atoms with Crippen LogP contribution in [0.2, 0.25) is 0 Å². The molecule has 0 saturated carbocycles. The monoisotopic (exact) mass is 194 g/mol. The number of rotatable bonds is 2. The highest BCUT2D eigenvalue weighted by atomic mass is 19.1. The summed E-state index contributed by atoms with van der Waals surface area (Å²) in [5, 5.41) is 8.57. The van der Waals surface area contributed by atoms with Gasteiger partial charge in [-0.05, 0) is 19.1 Å². The van der Waals surface area contributed by atoms with Gasteiger partial charge in [-0.1, -0.05) is 0 Å². The van der Waals surface area contributed by atoms with Crippen molar-refractivity contribution in [2.75, 3.05) is 6.61 Å². The predicted octanol–water partition coefficient (Wildman–Crippen LogP) is 1.27. The van der Waals surface area contributed by atoms with Gasteiger partial charge in [0, 0.05) is 0 Å². The van der Waals surface area contributed by atoms with Crippen LogP contribution in [0.15, 0.2) is 12.1 Å². The summed E-state index contributed by atoms with van der Waals surface area (Å²) in [5.41, 5.74) is -0.279. The maximum Gasteiger partial charge on any atom is 0.341 e. The van der Waals surface area contributed by atoms with Crippen molar-refractivity contribution in [3.63, 3.8) is 0 Å². The summed E-state index contributed by atoms with van der Waals surface area (Å²) >= 11 is 0. The van der Waals surface area contributed by atoms with Crippen LogP contribution in [0.4, 0.5) is 4.39 Å². The highest BCUT2D eigenvalue weighted by molar-refractivity contribution is 5.91. The molecule has 0 aliphatic carbocycles. The number of nitrogens with zero attached hydrogens (tertiary/aromatic N) is 2. The fourth-order valence-corrected chi connectivity index (χ4v) is 0.894. The molecule has 0 fully saturated rings. The molecule has 5 heteroatoms. The molecule has 0 aliphatic rings. The Morgan fingerprint density at radius 1 is 1.71 bits per heavy atom. The predicted molar refractivity (Wildman–Crippen MR) is 44.9 cm³/mol. The molecular formula is C9H7FN2O2. The minimum Gasteiger partial charge on any atom is -0.462 e. The number of hydrogen-bond acceptors (Lipinski definition) is 4. The zero-order valence-electron chi connectivity index (χ0n) is 7.45. The number of hydrogen-bond donors (Lipinski definition) is 0. The number of halogens is 1. The second kappa shape index (κ2) is 4.33. The summed E-state index contributed by atoms with van der Waals surface area (Å²) in [5.74, 6) is -1.47. The normalized spacial score (nSPS) is 9.21. The van der Waals surface area contributed by atoms with Crippen molar-refractivity contribution in [2.45, 2.75) is 6.92 Å². The molecule has 0 saturated heterocycles. The Hall–Kier alpha value is -1.96. The van der Waals surface area contributed by atoms with E-state index in [1.54, 1.807) is 13.0 Å². The maximum absolute atomic E-state index is 12.6. The minimum absolute atomic E-state index is 0.0178. The molecule has 0 spiro atoms. The summed E-state index contributed by atoms with van der Waals surface area (Å²) in [6, 6.07) is 3.81. The van der Waals surface area contributed by atoms with Crippen LogP contribution in [0.25, 0.3) is 0 Å². The summed E-state index contributed by atoms with van der Waals surface area (Å²) in [6.45, 7) is 1.84. The quantitative estimate of drug-likeness (QED) is 0.525. The second-order valence-electron chi connectivity index (χ2n) is 2.36. The van der Waals surface area contributed by atoms with Crippen LogP contribution in [0.1, 0.15) is 23.0 Å². The lowest BCUT2D eigenvalue weighted by atomic mass is 10.2. The first-order chi connectivity index (χ1) is 6.69. The van der Waals surface area contributed by atoms with Gasteiger partial charge in [-0.2, -0.15) is 9.65 Å². The van der Waals surface area contributed by atoms with Gasteiger partial charge in [0.25, 0.3) is 0 Å². The molecule has 1 aromatic rings. The fourth-order valence-electron chi connectivity index (χ4n) is 0.894. The molecule has 1 aromatic heterocycles. The van der Waals surface area contributed by atoms with E-state index in [-0.39, 0.29) is 17.9 Å². The zero-order chi connectivity index (χ0) is 10.6. The molecule has 0 radical (unpaired) electrons. The second-order valence-corrected chi connectivity index (χ2v) is 2.36. The van der Waals surface area contributed by atoms with E-state index in [0.29, 0.717) is 0 Å². The molecule has 1 heterocycles. The summed E-state index contributed by atoms with van der Waals surface area (Å²) in [6.07, 6.45) is 0. The van der Waals surface area contributed by atoms with Crippen LogP contribution < -0.4 is 0 Å². The fraction of sp³-hybridized carbons (Fsp3) is 0.222. The van der Waals surface area contributed by atoms with E-state index in [0.717, 1.165) is 6.07 Å². The Morgan fingerprint density at radius 2 is 2.43 bits per heavy atom. The lowest BCUT2D eigenvalue weighted by molar-refractivity contribution is 0.0525. The Kier molecular flexibility index (Phi) is 3.13. The van der Waals surface area contributed by atoms with Gasteiger partial charge in [0.15, 0.2) is 5.69 Å².